The monoisotopic (exact) mass is 135 g/mol. The van der Waals surface area contributed by atoms with Crippen molar-refractivity contribution >= 4 is 10.9 Å². The second-order valence-electron chi connectivity index (χ2n) is 2.00. The molecule has 0 amide bonds. The zero-order chi connectivity index (χ0) is 6.97. The van der Waals surface area contributed by atoms with Crippen LogP contribution in [-0.2, 0) is 0 Å². The van der Waals surface area contributed by atoms with Gasteiger partial charge in [-0.25, -0.2) is 9.97 Å². The molecule has 50 valence electrons. The van der Waals surface area contributed by atoms with Crippen LogP contribution in [0.1, 0.15) is 0 Å². The van der Waals surface area contributed by atoms with Gasteiger partial charge in [0.15, 0.2) is 0 Å². The molecule has 0 atom stereocenters. The Kier molecular flexibility index (Phi) is 0.887. The van der Waals surface area contributed by atoms with Gasteiger partial charge in [0.05, 0.1) is 17.9 Å². The van der Waals surface area contributed by atoms with E-state index in [-0.39, 0.29) is 0 Å². The van der Waals surface area contributed by atoms with E-state index in [4.69, 9.17) is 5.21 Å². The van der Waals surface area contributed by atoms with E-state index >= 15 is 0 Å². The molecule has 4 nitrogen and oxygen atoms in total. The van der Waals surface area contributed by atoms with Crippen molar-refractivity contribution in [2.45, 2.75) is 0 Å². The van der Waals surface area contributed by atoms with Crippen LogP contribution in [0.2, 0.25) is 0 Å². The highest BCUT2D eigenvalue weighted by Crippen LogP contribution is 2.07. The Labute approximate surface area is 56.7 Å². The van der Waals surface area contributed by atoms with Gasteiger partial charge < -0.3 is 5.21 Å². The molecular weight excluding hydrogens is 130 g/mol. The standard InChI is InChI=1S/C6H5N3O/c10-9-2-5-1-7-4-8-6(5)3-9/h1-4,10H. The van der Waals surface area contributed by atoms with Gasteiger partial charge in [-0.2, -0.15) is 4.73 Å². The molecule has 0 spiro atoms. The third-order valence-electron chi connectivity index (χ3n) is 1.30. The van der Waals surface area contributed by atoms with Crippen molar-refractivity contribution in [3.05, 3.63) is 24.9 Å². The molecule has 0 aliphatic carbocycles. The molecule has 1 N–H and O–H groups in total. The van der Waals surface area contributed by atoms with E-state index in [9.17, 15) is 0 Å². The topological polar surface area (TPSA) is 50.9 Å². The predicted molar refractivity (Wildman–Crippen MR) is 34.7 cm³/mol. The van der Waals surface area contributed by atoms with Gasteiger partial charge >= 0.3 is 0 Å². The first-order valence-corrected chi connectivity index (χ1v) is 2.83. The van der Waals surface area contributed by atoms with Gasteiger partial charge in [-0.1, -0.05) is 0 Å². The van der Waals surface area contributed by atoms with Crippen LogP contribution in [0, 0.1) is 0 Å². The SMILES string of the molecule is On1cc2cncnc2c1. The second-order valence-corrected chi connectivity index (χ2v) is 2.00. The number of hydrogen-bond donors (Lipinski definition) is 1. The molecule has 2 aromatic rings. The Morgan fingerprint density at radius 1 is 1.40 bits per heavy atom. The Bertz CT molecular complexity index is 322. The van der Waals surface area contributed by atoms with E-state index in [0.717, 1.165) is 15.6 Å². The summed E-state index contributed by atoms with van der Waals surface area (Å²) in [6.07, 6.45) is 6.17. The van der Waals surface area contributed by atoms with Crippen molar-refractivity contribution < 1.29 is 5.21 Å². The van der Waals surface area contributed by atoms with Crippen LogP contribution in [0.5, 0.6) is 0 Å². The number of fused-ring (bicyclic) bond motifs is 1. The number of aromatic nitrogens is 3. The van der Waals surface area contributed by atoms with Crippen molar-refractivity contribution in [2.75, 3.05) is 0 Å². The fraction of sp³-hybridized carbons (Fsp3) is 0. The molecule has 10 heavy (non-hydrogen) atoms. The fourth-order valence-corrected chi connectivity index (χ4v) is 0.862. The highest BCUT2D eigenvalue weighted by molar-refractivity contribution is 5.76. The smallest absolute Gasteiger partial charge is 0.116 e. The Morgan fingerprint density at radius 3 is 3.10 bits per heavy atom. The third-order valence-corrected chi connectivity index (χ3v) is 1.30. The Morgan fingerprint density at radius 2 is 2.30 bits per heavy atom. The number of rotatable bonds is 0. The lowest BCUT2D eigenvalue weighted by Gasteiger charge is -1.80. The summed E-state index contributed by atoms with van der Waals surface area (Å²) in [5.74, 6) is 0. The van der Waals surface area contributed by atoms with Crippen LogP contribution >= 0.6 is 0 Å². The van der Waals surface area contributed by atoms with Gasteiger partial charge in [0, 0.05) is 11.6 Å². The van der Waals surface area contributed by atoms with Crippen molar-refractivity contribution in [2.24, 2.45) is 0 Å². The number of hydrogen-bond acceptors (Lipinski definition) is 3. The minimum Gasteiger partial charge on any atom is -0.429 e. The van der Waals surface area contributed by atoms with Crippen LogP contribution in [0.15, 0.2) is 24.9 Å². The van der Waals surface area contributed by atoms with Crippen molar-refractivity contribution in [1.82, 2.24) is 14.7 Å². The van der Waals surface area contributed by atoms with Gasteiger partial charge in [-0.3, -0.25) is 0 Å². The van der Waals surface area contributed by atoms with Crippen molar-refractivity contribution in [3.63, 3.8) is 0 Å². The summed E-state index contributed by atoms with van der Waals surface area (Å²) in [6, 6.07) is 0. The first-order chi connectivity index (χ1) is 4.86. The molecule has 0 fully saturated rings. The largest absolute Gasteiger partial charge is 0.429 e. The summed E-state index contributed by atoms with van der Waals surface area (Å²) in [5.41, 5.74) is 0.748. The van der Waals surface area contributed by atoms with E-state index in [2.05, 4.69) is 9.97 Å². The first kappa shape index (κ1) is 5.22. The normalized spacial score (nSPS) is 10.4. The molecule has 2 heterocycles. The lowest BCUT2D eigenvalue weighted by molar-refractivity contribution is 0.188. The summed E-state index contributed by atoms with van der Waals surface area (Å²) in [6.45, 7) is 0. The lowest BCUT2D eigenvalue weighted by Crippen LogP contribution is -1.79. The van der Waals surface area contributed by atoms with Crippen LogP contribution in [0.3, 0.4) is 0 Å². The zero-order valence-electron chi connectivity index (χ0n) is 5.10. The third kappa shape index (κ3) is 0.621. The number of nitrogens with zero attached hydrogens (tertiary/aromatic N) is 3. The van der Waals surface area contributed by atoms with E-state index in [0.29, 0.717) is 0 Å². The van der Waals surface area contributed by atoms with E-state index in [1.807, 2.05) is 0 Å². The second kappa shape index (κ2) is 1.70. The van der Waals surface area contributed by atoms with Crippen LogP contribution in [0.25, 0.3) is 10.9 Å². The summed E-state index contributed by atoms with van der Waals surface area (Å²) in [4.78, 5) is 7.70. The van der Waals surface area contributed by atoms with Crippen LogP contribution in [-0.4, -0.2) is 19.9 Å². The van der Waals surface area contributed by atoms with Crippen LogP contribution < -0.4 is 0 Å². The molecule has 0 saturated heterocycles. The van der Waals surface area contributed by atoms with E-state index in [1.165, 1.54) is 12.5 Å². The van der Waals surface area contributed by atoms with Gasteiger partial charge in [0.2, 0.25) is 0 Å². The lowest BCUT2D eigenvalue weighted by atomic mass is 10.4. The van der Waals surface area contributed by atoms with Gasteiger partial charge in [0.1, 0.15) is 6.33 Å². The quantitative estimate of drug-likeness (QED) is 0.540. The molecule has 0 aliphatic rings. The first-order valence-electron chi connectivity index (χ1n) is 2.83. The summed E-state index contributed by atoms with van der Waals surface area (Å²) < 4.78 is 0.972. The van der Waals surface area contributed by atoms with E-state index < -0.39 is 0 Å². The molecule has 0 radical (unpaired) electrons. The minimum absolute atomic E-state index is 0.748. The maximum atomic E-state index is 8.91. The average molecular weight is 135 g/mol. The van der Waals surface area contributed by atoms with Crippen LogP contribution in [0.4, 0.5) is 0 Å². The minimum atomic E-state index is 0.748. The van der Waals surface area contributed by atoms with Gasteiger partial charge in [0.25, 0.3) is 0 Å². The predicted octanol–water partition coefficient (Wildman–Crippen LogP) is 0.669. The molecule has 0 aromatic carbocycles. The summed E-state index contributed by atoms with van der Waals surface area (Å²) in [5, 5.41) is 9.74. The maximum absolute atomic E-state index is 8.91. The summed E-state index contributed by atoms with van der Waals surface area (Å²) >= 11 is 0. The molecule has 2 aromatic heterocycles. The highest BCUT2D eigenvalue weighted by Gasteiger charge is 1.95. The van der Waals surface area contributed by atoms with Gasteiger partial charge in [-0.15, -0.1) is 0 Å². The van der Waals surface area contributed by atoms with E-state index in [1.54, 1.807) is 12.4 Å². The molecule has 0 aliphatic heterocycles. The molecule has 4 heteroatoms. The van der Waals surface area contributed by atoms with Crippen molar-refractivity contribution in [1.29, 1.82) is 0 Å². The summed E-state index contributed by atoms with van der Waals surface area (Å²) in [7, 11) is 0. The highest BCUT2D eigenvalue weighted by atomic mass is 16.5. The molecule has 0 bridgehead atoms. The molecular formula is C6H5N3O. The Hall–Kier alpha value is -1.58. The zero-order valence-corrected chi connectivity index (χ0v) is 5.10. The average Bonchev–Trinajstić information content (AvgIpc) is 2.27. The fourth-order valence-electron chi connectivity index (χ4n) is 0.862. The molecule has 0 unspecified atom stereocenters. The molecule has 0 saturated carbocycles. The maximum Gasteiger partial charge on any atom is 0.116 e. The van der Waals surface area contributed by atoms with Crippen molar-refractivity contribution in [3.8, 4) is 0 Å². The Balaban J connectivity index is 2.88. The van der Waals surface area contributed by atoms with Gasteiger partial charge in [-0.05, 0) is 0 Å². The molecule has 2 rings (SSSR count).